The predicted molar refractivity (Wildman–Crippen MR) is 47.2 cm³/mol. The van der Waals surface area contributed by atoms with Crippen molar-refractivity contribution in [2.75, 3.05) is 0 Å². The molecule has 0 aliphatic rings. The summed E-state index contributed by atoms with van der Waals surface area (Å²) in [5.74, 6) is 0. The molecule has 0 aliphatic heterocycles. The Hall–Kier alpha value is -1.51. The topological polar surface area (TPSA) is 22.8 Å². The van der Waals surface area contributed by atoms with E-state index in [-0.39, 0.29) is 0 Å². The van der Waals surface area contributed by atoms with Crippen LogP contribution in [-0.4, -0.2) is 14.3 Å². The first-order valence-corrected chi connectivity index (χ1v) is 4.06. The third kappa shape index (κ3) is 1.13. The molecule has 2 rings (SSSR count). The summed E-state index contributed by atoms with van der Waals surface area (Å²) in [6, 6.07) is 4.01. The van der Waals surface area contributed by atoms with Gasteiger partial charge in [0.2, 0.25) is 0 Å². The normalized spacial score (nSPS) is 10.4. The van der Waals surface area contributed by atoms with Gasteiger partial charge in [-0.15, -0.1) is 0 Å². The number of aryl methyl sites for hydroxylation is 1. The largest absolute Gasteiger partial charge is 0.321 e. The van der Waals surface area contributed by atoms with Crippen LogP contribution >= 0.6 is 0 Å². The Bertz CT molecular complexity index is 345. The number of hydrogen-bond donors (Lipinski definition) is 0. The van der Waals surface area contributed by atoms with Crippen molar-refractivity contribution in [2.45, 2.75) is 13.5 Å². The van der Waals surface area contributed by atoms with Gasteiger partial charge in [0.1, 0.15) is 0 Å². The van der Waals surface area contributed by atoms with Gasteiger partial charge in [-0.05, 0) is 19.1 Å². The van der Waals surface area contributed by atoms with Crippen molar-refractivity contribution in [1.29, 1.82) is 0 Å². The van der Waals surface area contributed by atoms with Crippen LogP contribution in [0, 0.1) is 0 Å². The fraction of sp³-hybridized carbons (Fsp3) is 0.222. The summed E-state index contributed by atoms with van der Waals surface area (Å²) in [5, 5.41) is 4.19. The molecule has 2 aromatic rings. The first-order valence-electron chi connectivity index (χ1n) is 4.06. The Kier molecular flexibility index (Phi) is 1.70. The maximum atomic E-state index is 4.19. The molecule has 0 N–H and O–H groups in total. The molecule has 0 fully saturated rings. The van der Waals surface area contributed by atoms with Crippen molar-refractivity contribution in [3.05, 3.63) is 36.9 Å². The van der Waals surface area contributed by atoms with Gasteiger partial charge in [0, 0.05) is 25.1 Å². The predicted octanol–water partition coefficient (Wildman–Crippen LogP) is 1.69. The van der Waals surface area contributed by atoms with Crippen LogP contribution in [0.1, 0.15) is 6.92 Å². The van der Waals surface area contributed by atoms with Gasteiger partial charge in [0.05, 0.1) is 11.9 Å². The lowest BCUT2D eigenvalue weighted by Crippen LogP contribution is -1.92. The molecule has 2 heterocycles. The van der Waals surface area contributed by atoms with Gasteiger partial charge in [0.25, 0.3) is 0 Å². The van der Waals surface area contributed by atoms with E-state index in [2.05, 4.69) is 12.0 Å². The van der Waals surface area contributed by atoms with Gasteiger partial charge >= 0.3 is 0 Å². The number of aromatic nitrogens is 3. The van der Waals surface area contributed by atoms with Crippen molar-refractivity contribution in [3.8, 4) is 5.69 Å². The molecule has 0 aromatic carbocycles. The monoisotopic (exact) mass is 161 g/mol. The third-order valence-electron chi connectivity index (χ3n) is 1.85. The highest BCUT2D eigenvalue weighted by molar-refractivity contribution is 5.26. The zero-order valence-electron chi connectivity index (χ0n) is 7.01. The Morgan fingerprint density at radius 2 is 2.08 bits per heavy atom. The van der Waals surface area contributed by atoms with Gasteiger partial charge in [-0.3, -0.25) is 4.68 Å². The summed E-state index contributed by atoms with van der Waals surface area (Å²) in [6.07, 6.45) is 7.91. The Labute approximate surface area is 71.2 Å². The van der Waals surface area contributed by atoms with Crippen LogP contribution in [-0.2, 0) is 6.54 Å². The molecule has 0 saturated carbocycles. The molecule has 0 atom stereocenters. The zero-order chi connectivity index (χ0) is 8.39. The summed E-state index contributed by atoms with van der Waals surface area (Å²) < 4.78 is 3.95. The fourth-order valence-corrected chi connectivity index (χ4v) is 1.17. The van der Waals surface area contributed by atoms with Crippen LogP contribution in [0.2, 0.25) is 0 Å². The molecule has 0 saturated heterocycles. The van der Waals surface area contributed by atoms with E-state index in [0.717, 1.165) is 12.2 Å². The number of hydrogen-bond acceptors (Lipinski definition) is 1. The van der Waals surface area contributed by atoms with Gasteiger partial charge in [-0.1, -0.05) is 0 Å². The molecule has 0 radical (unpaired) electrons. The summed E-state index contributed by atoms with van der Waals surface area (Å²) in [5.41, 5.74) is 1.11. The van der Waals surface area contributed by atoms with Crippen molar-refractivity contribution >= 4 is 0 Å². The Balaban J connectivity index is 2.35. The zero-order valence-corrected chi connectivity index (χ0v) is 7.01. The van der Waals surface area contributed by atoms with Crippen molar-refractivity contribution < 1.29 is 0 Å². The van der Waals surface area contributed by atoms with Crippen LogP contribution in [0.3, 0.4) is 0 Å². The summed E-state index contributed by atoms with van der Waals surface area (Å²) in [6.45, 7) is 2.99. The lowest BCUT2D eigenvalue weighted by Gasteiger charge is -1.95. The van der Waals surface area contributed by atoms with E-state index in [9.17, 15) is 0 Å². The van der Waals surface area contributed by atoms with Crippen molar-refractivity contribution in [2.24, 2.45) is 0 Å². The molecule has 12 heavy (non-hydrogen) atoms. The quantitative estimate of drug-likeness (QED) is 0.657. The maximum absolute atomic E-state index is 4.19. The van der Waals surface area contributed by atoms with E-state index < -0.39 is 0 Å². The molecule has 2 aromatic heterocycles. The van der Waals surface area contributed by atoms with E-state index in [1.165, 1.54) is 0 Å². The third-order valence-corrected chi connectivity index (χ3v) is 1.85. The average molecular weight is 161 g/mol. The molecule has 3 heteroatoms. The second-order valence-electron chi connectivity index (χ2n) is 2.64. The van der Waals surface area contributed by atoms with Gasteiger partial charge < -0.3 is 4.57 Å². The first-order chi connectivity index (χ1) is 5.90. The molecular formula is C9H11N3. The summed E-state index contributed by atoms with van der Waals surface area (Å²) in [7, 11) is 0. The highest BCUT2D eigenvalue weighted by atomic mass is 15.3. The SMILES string of the molecule is CCn1cc(-n2cccc2)cn1. The molecule has 62 valence electrons. The number of nitrogens with zero attached hydrogens (tertiary/aromatic N) is 3. The molecule has 0 bridgehead atoms. The van der Waals surface area contributed by atoms with Crippen LogP contribution in [0.4, 0.5) is 0 Å². The van der Waals surface area contributed by atoms with E-state index in [4.69, 9.17) is 0 Å². The Morgan fingerprint density at radius 1 is 1.33 bits per heavy atom. The van der Waals surface area contributed by atoms with Crippen LogP contribution in [0.25, 0.3) is 5.69 Å². The minimum atomic E-state index is 0.918. The van der Waals surface area contributed by atoms with Gasteiger partial charge in [-0.2, -0.15) is 5.10 Å². The van der Waals surface area contributed by atoms with Crippen LogP contribution < -0.4 is 0 Å². The minimum Gasteiger partial charge on any atom is -0.321 e. The first kappa shape index (κ1) is 7.16. The second-order valence-corrected chi connectivity index (χ2v) is 2.64. The molecule has 0 spiro atoms. The fourth-order valence-electron chi connectivity index (χ4n) is 1.17. The minimum absolute atomic E-state index is 0.918. The lowest BCUT2D eigenvalue weighted by molar-refractivity contribution is 0.659. The standard InChI is InChI=1S/C9H11N3/c1-2-12-8-9(7-10-12)11-5-3-4-6-11/h3-8H,2H2,1H3. The smallest absolute Gasteiger partial charge is 0.0833 e. The Morgan fingerprint density at radius 3 is 2.67 bits per heavy atom. The second kappa shape index (κ2) is 2.85. The van der Waals surface area contributed by atoms with E-state index >= 15 is 0 Å². The molecular weight excluding hydrogens is 150 g/mol. The van der Waals surface area contributed by atoms with Crippen LogP contribution in [0.15, 0.2) is 36.9 Å². The molecule has 0 unspecified atom stereocenters. The average Bonchev–Trinajstić information content (AvgIpc) is 2.75. The van der Waals surface area contributed by atoms with Gasteiger partial charge in [0.15, 0.2) is 0 Å². The highest BCUT2D eigenvalue weighted by Crippen LogP contribution is 2.05. The summed E-state index contributed by atoms with van der Waals surface area (Å²) in [4.78, 5) is 0. The molecule has 0 amide bonds. The van der Waals surface area contributed by atoms with E-state index in [1.54, 1.807) is 0 Å². The van der Waals surface area contributed by atoms with Gasteiger partial charge in [-0.25, -0.2) is 0 Å². The van der Waals surface area contributed by atoms with E-state index in [1.807, 2.05) is 46.2 Å². The van der Waals surface area contributed by atoms with Crippen molar-refractivity contribution in [1.82, 2.24) is 14.3 Å². The maximum Gasteiger partial charge on any atom is 0.0833 e. The summed E-state index contributed by atoms with van der Waals surface area (Å²) >= 11 is 0. The lowest BCUT2D eigenvalue weighted by atomic mass is 10.5. The van der Waals surface area contributed by atoms with E-state index in [0.29, 0.717) is 0 Å². The highest BCUT2D eigenvalue weighted by Gasteiger charge is 1.96. The number of rotatable bonds is 2. The molecule has 0 aliphatic carbocycles. The molecule has 3 nitrogen and oxygen atoms in total. The van der Waals surface area contributed by atoms with Crippen molar-refractivity contribution in [3.63, 3.8) is 0 Å². The van der Waals surface area contributed by atoms with Crippen LogP contribution in [0.5, 0.6) is 0 Å².